The van der Waals surface area contributed by atoms with Crippen molar-refractivity contribution < 1.29 is 0 Å². The molecule has 0 heterocycles. The maximum atomic E-state index is 9.93. The van der Waals surface area contributed by atoms with E-state index in [1.165, 1.54) is 0 Å². The minimum Gasteiger partial charge on any atom is -0.198 e. The highest BCUT2D eigenvalue weighted by Crippen LogP contribution is 2.70. The largest absolute Gasteiger partial charge is 0.198 e. The molecule has 1 saturated carbocycles. The maximum absolute atomic E-state index is 9.93. The van der Waals surface area contributed by atoms with Crippen LogP contribution >= 0.6 is 0 Å². The van der Waals surface area contributed by atoms with E-state index in [0.717, 1.165) is 55.6 Å². The van der Waals surface area contributed by atoms with Crippen molar-refractivity contribution in [2.75, 3.05) is 0 Å². The van der Waals surface area contributed by atoms with Gasteiger partial charge in [-0.1, -0.05) is 47.5 Å². The van der Waals surface area contributed by atoms with Gasteiger partial charge in [0.15, 0.2) is 0 Å². The van der Waals surface area contributed by atoms with Crippen LogP contribution < -0.4 is 0 Å². The van der Waals surface area contributed by atoms with Gasteiger partial charge in [-0.05, 0) is 70.5 Å². The van der Waals surface area contributed by atoms with Gasteiger partial charge in [-0.3, -0.25) is 0 Å². The summed E-state index contributed by atoms with van der Waals surface area (Å²) in [4.78, 5) is 0. The highest BCUT2D eigenvalue weighted by molar-refractivity contribution is 6.06. The van der Waals surface area contributed by atoms with E-state index < -0.39 is 17.3 Å². The van der Waals surface area contributed by atoms with Crippen LogP contribution in [0.5, 0.6) is 0 Å². The molecule has 3 aliphatic carbocycles. The Morgan fingerprint density at radius 2 is 1.21 bits per heavy atom. The number of hydrogen-bond donors (Lipinski definition) is 0. The van der Waals surface area contributed by atoms with Crippen LogP contribution in [0.25, 0.3) is 27.8 Å². The van der Waals surface area contributed by atoms with E-state index in [9.17, 15) is 21.0 Å². The summed E-state index contributed by atoms with van der Waals surface area (Å²) >= 11 is 0. The Balaban J connectivity index is 1.74. The summed E-state index contributed by atoms with van der Waals surface area (Å²) in [5.41, 5.74) is 9.99. The second-order valence-corrected chi connectivity index (χ2v) is 9.10. The molecule has 1 spiro atoms. The topological polar surface area (TPSA) is 95.2 Å². The third-order valence-electron chi connectivity index (χ3n) is 7.48. The summed E-state index contributed by atoms with van der Waals surface area (Å²) in [5.74, 6) is -0.796. The van der Waals surface area contributed by atoms with Crippen LogP contribution in [-0.2, 0) is 5.41 Å². The molecule has 6 rings (SSSR count). The molecule has 0 saturated heterocycles. The first-order valence-electron chi connectivity index (χ1n) is 10.8. The molecule has 33 heavy (non-hydrogen) atoms. The summed E-state index contributed by atoms with van der Waals surface area (Å²) < 4.78 is 0. The van der Waals surface area contributed by atoms with Gasteiger partial charge in [0.2, 0.25) is 0 Å². The Labute approximate surface area is 191 Å². The van der Waals surface area contributed by atoms with Crippen molar-refractivity contribution >= 4 is 5.57 Å². The Bertz CT molecular complexity index is 1610. The van der Waals surface area contributed by atoms with E-state index in [1.807, 2.05) is 38.1 Å². The average Bonchev–Trinajstić information content (AvgIpc) is 3.29. The number of aryl methyl sites for hydroxylation is 2. The molecule has 4 heteroatoms. The zero-order chi connectivity index (χ0) is 23.1. The highest BCUT2D eigenvalue weighted by atomic mass is 14.7. The predicted octanol–water partition coefficient (Wildman–Crippen LogP) is 5.69. The number of rotatable bonds is 0. The quantitative estimate of drug-likeness (QED) is 0.341. The third kappa shape index (κ3) is 2.11. The molecule has 0 bridgehead atoms. The van der Waals surface area contributed by atoms with Gasteiger partial charge in [-0.2, -0.15) is 21.0 Å². The molecule has 0 radical (unpaired) electrons. The molecule has 1 fully saturated rings. The molecule has 4 nitrogen and oxygen atoms in total. The van der Waals surface area contributed by atoms with Crippen molar-refractivity contribution in [3.63, 3.8) is 0 Å². The van der Waals surface area contributed by atoms with Crippen LogP contribution in [0.1, 0.15) is 33.4 Å². The van der Waals surface area contributed by atoms with E-state index >= 15 is 0 Å². The van der Waals surface area contributed by atoms with Gasteiger partial charge in [0, 0.05) is 5.57 Å². The molecule has 3 aliphatic rings. The van der Waals surface area contributed by atoms with Gasteiger partial charge < -0.3 is 0 Å². The monoisotopic (exact) mass is 420 g/mol. The fourth-order valence-corrected chi connectivity index (χ4v) is 6.04. The normalized spacial score (nSPS) is 22.2. The first-order chi connectivity index (χ1) is 16.0. The molecule has 0 aromatic heterocycles. The summed E-state index contributed by atoms with van der Waals surface area (Å²) in [6.45, 7) is 4.01. The van der Waals surface area contributed by atoms with E-state index in [4.69, 9.17) is 0 Å². The fraction of sp³-hybridized carbons (Fsp3) is 0.172. The molecule has 0 aliphatic heterocycles. The van der Waals surface area contributed by atoms with Gasteiger partial charge in [-0.25, -0.2) is 0 Å². The van der Waals surface area contributed by atoms with Crippen molar-refractivity contribution in [3.8, 4) is 46.5 Å². The molecule has 0 amide bonds. The van der Waals surface area contributed by atoms with Crippen molar-refractivity contribution in [1.29, 1.82) is 21.0 Å². The number of benzene rings is 3. The zero-order valence-electron chi connectivity index (χ0n) is 18.1. The summed E-state index contributed by atoms with van der Waals surface area (Å²) in [5, 5.41) is 39.3. The first-order valence-corrected chi connectivity index (χ1v) is 10.8. The van der Waals surface area contributed by atoms with Gasteiger partial charge in [0.25, 0.3) is 0 Å². The summed E-state index contributed by atoms with van der Waals surface area (Å²) in [6, 6.07) is 25.4. The third-order valence-corrected chi connectivity index (χ3v) is 7.48. The lowest BCUT2D eigenvalue weighted by molar-refractivity contribution is 0.799. The zero-order valence-corrected chi connectivity index (χ0v) is 18.1. The van der Waals surface area contributed by atoms with Crippen LogP contribution in [0.15, 0.2) is 54.1 Å². The van der Waals surface area contributed by atoms with Crippen molar-refractivity contribution in [3.05, 3.63) is 87.5 Å². The number of nitrogens with zero attached hydrogens (tertiary/aromatic N) is 4. The minimum atomic E-state index is -0.625. The summed E-state index contributed by atoms with van der Waals surface area (Å²) in [7, 11) is 0. The predicted molar refractivity (Wildman–Crippen MR) is 123 cm³/mol. The maximum Gasteiger partial charge on any atom is 0.138 e. The number of nitriles is 4. The first kappa shape index (κ1) is 19.1. The van der Waals surface area contributed by atoms with Crippen LogP contribution in [0.2, 0.25) is 0 Å². The van der Waals surface area contributed by atoms with Crippen molar-refractivity contribution in [1.82, 2.24) is 0 Å². The van der Waals surface area contributed by atoms with Crippen molar-refractivity contribution in [2.24, 2.45) is 11.8 Å². The average molecular weight is 420 g/mol. The molecule has 0 N–H and O–H groups in total. The molecule has 2 unspecified atom stereocenters. The molecular weight excluding hydrogens is 404 g/mol. The van der Waals surface area contributed by atoms with Gasteiger partial charge in [0.05, 0.1) is 29.4 Å². The SMILES string of the molecule is Cc1ccc2c(c1)C(=C(C#N)C#N)c1cc3c(cc1-2)C1(c2cc(C)ccc2-3)C(C#N)C1C#N. The minimum absolute atomic E-state index is 0.0913. The van der Waals surface area contributed by atoms with Crippen LogP contribution in [0, 0.1) is 71.0 Å². The van der Waals surface area contributed by atoms with Crippen LogP contribution in [0.4, 0.5) is 0 Å². The smallest absolute Gasteiger partial charge is 0.138 e. The lowest BCUT2D eigenvalue weighted by Gasteiger charge is -2.14. The molecule has 3 aromatic rings. The van der Waals surface area contributed by atoms with Crippen molar-refractivity contribution in [2.45, 2.75) is 19.3 Å². The van der Waals surface area contributed by atoms with Crippen LogP contribution in [-0.4, -0.2) is 0 Å². The van der Waals surface area contributed by atoms with Gasteiger partial charge in [0.1, 0.15) is 17.7 Å². The molecule has 2 atom stereocenters. The number of fused-ring (bicyclic) bond motifs is 8. The van der Waals surface area contributed by atoms with Gasteiger partial charge in [-0.15, -0.1) is 0 Å². The van der Waals surface area contributed by atoms with E-state index in [-0.39, 0.29) is 5.57 Å². The van der Waals surface area contributed by atoms with E-state index in [2.05, 4.69) is 48.5 Å². The Hall–Kier alpha value is -4.64. The van der Waals surface area contributed by atoms with E-state index in [0.29, 0.717) is 5.57 Å². The lowest BCUT2D eigenvalue weighted by atomic mass is 9.87. The number of allylic oxidation sites excluding steroid dienone is 1. The Kier molecular flexibility index (Phi) is 3.59. The highest BCUT2D eigenvalue weighted by Gasteiger charge is 2.71. The lowest BCUT2D eigenvalue weighted by Crippen LogP contribution is -2.10. The molecular formula is C29H16N4. The summed E-state index contributed by atoms with van der Waals surface area (Å²) in [6.07, 6.45) is 0. The Morgan fingerprint density at radius 1 is 0.636 bits per heavy atom. The fourth-order valence-electron chi connectivity index (χ4n) is 6.04. The molecule has 152 valence electrons. The standard InChI is InChI=1S/C29H16N4/c1-15-3-5-18-20-10-25-21(9-23(20)28(22(18)7-15)17(11-30)12-31)19-6-4-16(2)8-24(19)29(25)26(13-32)27(29)14-33/h3-10,26-27H,1-2H3. The van der Waals surface area contributed by atoms with Gasteiger partial charge >= 0.3 is 0 Å². The van der Waals surface area contributed by atoms with Crippen LogP contribution in [0.3, 0.4) is 0 Å². The second kappa shape index (κ2) is 6.20. The number of hydrogen-bond acceptors (Lipinski definition) is 4. The second-order valence-electron chi connectivity index (χ2n) is 9.10. The molecule has 3 aromatic carbocycles. The Morgan fingerprint density at radius 3 is 1.85 bits per heavy atom. The van der Waals surface area contributed by atoms with E-state index in [1.54, 1.807) is 0 Å².